The van der Waals surface area contributed by atoms with Crippen molar-refractivity contribution >= 4 is 23.1 Å². The van der Waals surface area contributed by atoms with E-state index in [-0.39, 0.29) is 6.61 Å². The van der Waals surface area contributed by atoms with Gasteiger partial charge in [-0.3, -0.25) is 0 Å². The normalized spacial score (nSPS) is 11.9. The first-order valence-corrected chi connectivity index (χ1v) is 7.47. The molecule has 1 N–H and O–H groups in total. The summed E-state index contributed by atoms with van der Waals surface area (Å²) in [6.07, 6.45) is 1.78. The van der Waals surface area contributed by atoms with E-state index in [4.69, 9.17) is 5.11 Å². The Morgan fingerprint density at radius 1 is 1.56 bits per heavy atom. The number of hydrogen-bond donors (Lipinski definition) is 1. The minimum Gasteiger partial charge on any atom is -0.395 e. The van der Waals surface area contributed by atoms with Crippen molar-refractivity contribution in [2.75, 3.05) is 6.61 Å². The maximum atomic E-state index is 8.62. The number of rotatable bonds is 5. The first-order chi connectivity index (χ1) is 7.76. The Hall–Kier alpha value is -0.430. The number of thioether (sulfide) groups is 1. The lowest BCUT2D eigenvalue weighted by Gasteiger charge is -2.05. The van der Waals surface area contributed by atoms with Crippen molar-refractivity contribution in [1.82, 2.24) is 0 Å². The van der Waals surface area contributed by atoms with Crippen LogP contribution >= 0.6 is 23.1 Å². The SMILES string of the molecule is CCC(C)SCc1cc(C#CCCO)cs1. The van der Waals surface area contributed by atoms with Crippen LogP contribution in [0, 0.1) is 11.8 Å². The van der Waals surface area contributed by atoms with Crippen LogP contribution in [0.1, 0.15) is 37.1 Å². The second kappa shape index (κ2) is 7.78. The van der Waals surface area contributed by atoms with Crippen molar-refractivity contribution in [3.63, 3.8) is 0 Å². The molecule has 3 heteroatoms. The molecule has 88 valence electrons. The molecule has 0 spiro atoms. The van der Waals surface area contributed by atoms with Gasteiger partial charge in [0.15, 0.2) is 0 Å². The fourth-order valence-electron chi connectivity index (χ4n) is 1.08. The molecule has 0 saturated heterocycles. The summed E-state index contributed by atoms with van der Waals surface area (Å²) >= 11 is 3.77. The molecule has 0 radical (unpaired) electrons. The Kier molecular flexibility index (Phi) is 6.63. The van der Waals surface area contributed by atoms with Gasteiger partial charge in [-0.1, -0.05) is 25.7 Å². The molecule has 1 rings (SSSR count). The molecular formula is C13H18OS2. The molecule has 1 unspecified atom stereocenters. The third-order valence-electron chi connectivity index (χ3n) is 2.21. The quantitative estimate of drug-likeness (QED) is 0.811. The van der Waals surface area contributed by atoms with E-state index in [1.165, 1.54) is 11.3 Å². The van der Waals surface area contributed by atoms with Gasteiger partial charge in [0.2, 0.25) is 0 Å². The van der Waals surface area contributed by atoms with Gasteiger partial charge in [0.1, 0.15) is 0 Å². The number of aliphatic hydroxyl groups excluding tert-OH is 1. The van der Waals surface area contributed by atoms with Gasteiger partial charge >= 0.3 is 0 Å². The Bertz CT molecular complexity index is 359. The van der Waals surface area contributed by atoms with E-state index in [2.05, 4.69) is 37.1 Å². The predicted octanol–water partition coefficient (Wildman–Crippen LogP) is 3.51. The third-order valence-corrected chi connectivity index (χ3v) is 4.71. The van der Waals surface area contributed by atoms with Crippen LogP contribution < -0.4 is 0 Å². The van der Waals surface area contributed by atoms with Gasteiger partial charge in [-0.2, -0.15) is 11.8 Å². The topological polar surface area (TPSA) is 20.2 Å². The van der Waals surface area contributed by atoms with Gasteiger partial charge in [-0.25, -0.2) is 0 Å². The third kappa shape index (κ3) is 5.07. The lowest BCUT2D eigenvalue weighted by molar-refractivity contribution is 0.305. The van der Waals surface area contributed by atoms with Gasteiger partial charge in [0.25, 0.3) is 0 Å². The number of hydrogen-bond acceptors (Lipinski definition) is 3. The summed E-state index contributed by atoms with van der Waals surface area (Å²) in [5, 5.41) is 11.4. The predicted molar refractivity (Wildman–Crippen MR) is 73.9 cm³/mol. The van der Waals surface area contributed by atoms with Crippen LogP contribution in [0.4, 0.5) is 0 Å². The molecule has 0 aliphatic rings. The summed E-state index contributed by atoms with van der Waals surface area (Å²) in [7, 11) is 0. The van der Waals surface area contributed by atoms with Crippen LogP contribution in [0.15, 0.2) is 11.4 Å². The van der Waals surface area contributed by atoms with E-state index < -0.39 is 0 Å². The van der Waals surface area contributed by atoms with Crippen molar-refractivity contribution in [2.45, 2.75) is 37.7 Å². The first kappa shape index (κ1) is 13.6. The summed E-state index contributed by atoms with van der Waals surface area (Å²) in [6, 6.07) is 2.16. The molecule has 0 aliphatic carbocycles. The smallest absolute Gasteiger partial charge is 0.0540 e. The summed E-state index contributed by atoms with van der Waals surface area (Å²) in [5.74, 6) is 7.08. The second-order valence-electron chi connectivity index (χ2n) is 3.61. The Morgan fingerprint density at radius 2 is 2.38 bits per heavy atom. The lowest BCUT2D eigenvalue weighted by atomic mass is 10.3. The molecule has 1 heterocycles. The van der Waals surface area contributed by atoms with E-state index in [9.17, 15) is 0 Å². The fourth-order valence-corrected chi connectivity index (χ4v) is 2.93. The van der Waals surface area contributed by atoms with E-state index in [1.54, 1.807) is 11.3 Å². The summed E-state index contributed by atoms with van der Waals surface area (Å²) in [4.78, 5) is 1.39. The molecule has 1 aromatic heterocycles. The highest BCUT2D eigenvalue weighted by Crippen LogP contribution is 2.24. The monoisotopic (exact) mass is 254 g/mol. The van der Waals surface area contributed by atoms with Gasteiger partial charge in [-0.15, -0.1) is 11.3 Å². The van der Waals surface area contributed by atoms with Crippen LogP contribution in [-0.4, -0.2) is 17.0 Å². The van der Waals surface area contributed by atoms with Crippen molar-refractivity contribution in [3.8, 4) is 11.8 Å². The molecule has 0 saturated carbocycles. The highest BCUT2D eigenvalue weighted by Gasteiger charge is 2.02. The summed E-state index contributed by atoms with van der Waals surface area (Å²) in [5.41, 5.74) is 1.08. The minimum absolute atomic E-state index is 0.147. The van der Waals surface area contributed by atoms with Crippen LogP contribution in [0.2, 0.25) is 0 Å². The lowest BCUT2D eigenvalue weighted by Crippen LogP contribution is -1.92. The second-order valence-corrected chi connectivity index (χ2v) is 6.03. The average molecular weight is 254 g/mol. The summed E-state index contributed by atoms with van der Waals surface area (Å²) < 4.78 is 0. The zero-order chi connectivity index (χ0) is 11.8. The highest BCUT2D eigenvalue weighted by molar-refractivity contribution is 7.99. The van der Waals surface area contributed by atoms with Gasteiger partial charge in [0.05, 0.1) is 6.61 Å². The molecule has 16 heavy (non-hydrogen) atoms. The average Bonchev–Trinajstić information content (AvgIpc) is 2.74. The van der Waals surface area contributed by atoms with E-state index in [0.717, 1.165) is 16.6 Å². The molecule has 0 bridgehead atoms. The molecular weight excluding hydrogens is 236 g/mol. The van der Waals surface area contributed by atoms with Crippen LogP contribution in [0.3, 0.4) is 0 Å². The first-order valence-electron chi connectivity index (χ1n) is 5.55. The van der Waals surface area contributed by atoms with Crippen molar-refractivity contribution in [1.29, 1.82) is 0 Å². The van der Waals surface area contributed by atoms with Gasteiger partial charge < -0.3 is 5.11 Å². The molecule has 1 aromatic rings. The minimum atomic E-state index is 0.147. The summed E-state index contributed by atoms with van der Waals surface area (Å²) in [6.45, 7) is 4.63. The molecule has 0 aliphatic heterocycles. The Labute approximate surface area is 106 Å². The number of thiophene rings is 1. The van der Waals surface area contributed by atoms with Crippen molar-refractivity contribution < 1.29 is 5.11 Å². The van der Waals surface area contributed by atoms with E-state index >= 15 is 0 Å². The van der Waals surface area contributed by atoms with Crippen LogP contribution in [-0.2, 0) is 5.75 Å². The molecule has 0 aromatic carbocycles. The maximum Gasteiger partial charge on any atom is 0.0540 e. The molecule has 1 nitrogen and oxygen atoms in total. The Balaban J connectivity index is 2.43. The number of aliphatic hydroxyl groups is 1. The van der Waals surface area contributed by atoms with Gasteiger partial charge in [0, 0.05) is 33.2 Å². The zero-order valence-corrected chi connectivity index (χ0v) is 11.5. The van der Waals surface area contributed by atoms with Crippen molar-refractivity contribution in [3.05, 3.63) is 21.9 Å². The highest BCUT2D eigenvalue weighted by atomic mass is 32.2. The molecule has 0 fully saturated rings. The molecule has 0 amide bonds. The molecule has 1 atom stereocenters. The van der Waals surface area contributed by atoms with Crippen LogP contribution in [0.5, 0.6) is 0 Å². The maximum absolute atomic E-state index is 8.62. The van der Waals surface area contributed by atoms with E-state index in [0.29, 0.717) is 6.42 Å². The fraction of sp³-hybridized carbons (Fsp3) is 0.538. The van der Waals surface area contributed by atoms with Gasteiger partial charge in [-0.05, 0) is 12.5 Å². The largest absolute Gasteiger partial charge is 0.395 e. The van der Waals surface area contributed by atoms with Crippen molar-refractivity contribution in [2.24, 2.45) is 0 Å². The zero-order valence-electron chi connectivity index (χ0n) is 9.82. The standard InChI is InChI=1S/C13H18OS2/c1-3-11(2)15-10-13-8-12(9-16-13)6-4-5-7-14/h8-9,11,14H,3,5,7,10H2,1-2H3. The van der Waals surface area contributed by atoms with E-state index in [1.807, 2.05) is 11.8 Å². The Morgan fingerprint density at radius 3 is 3.06 bits per heavy atom. The van der Waals surface area contributed by atoms with Crippen LogP contribution in [0.25, 0.3) is 0 Å².